The molecule has 1 unspecified atom stereocenters. The highest BCUT2D eigenvalue weighted by atomic mass is 16.5. The number of aromatic nitrogens is 1. The Morgan fingerprint density at radius 3 is 3.12 bits per heavy atom. The van der Waals surface area contributed by atoms with Gasteiger partial charge in [-0.2, -0.15) is 0 Å². The molecule has 1 saturated heterocycles. The average Bonchev–Trinajstić information content (AvgIpc) is 2.34. The van der Waals surface area contributed by atoms with Crippen LogP contribution < -0.4 is 10.9 Å². The van der Waals surface area contributed by atoms with Gasteiger partial charge in [-0.05, 0) is 0 Å². The van der Waals surface area contributed by atoms with E-state index in [1.807, 2.05) is 0 Å². The zero-order valence-electron chi connectivity index (χ0n) is 8.92. The molecule has 3 heterocycles. The fraction of sp³-hybridized carbons (Fsp3) is 0.400. The van der Waals surface area contributed by atoms with Crippen molar-refractivity contribution in [1.29, 1.82) is 0 Å². The lowest BCUT2D eigenvalue weighted by Crippen LogP contribution is -2.59. The molecule has 1 atom stereocenters. The number of hydrogen-bond acceptors (Lipinski definition) is 5. The monoisotopic (exact) mass is 237 g/mol. The van der Waals surface area contributed by atoms with Crippen LogP contribution >= 0.6 is 0 Å². The van der Waals surface area contributed by atoms with E-state index >= 15 is 0 Å². The van der Waals surface area contributed by atoms with E-state index in [2.05, 4.69) is 5.43 Å². The summed E-state index contributed by atoms with van der Waals surface area (Å²) < 4.78 is 6.63. The molecule has 0 aliphatic carbocycles. The molecule has 2 aliphatic heterocycles. The predicted octanol–water partition coefficient (Wildman–Crippen LogP) is -1.09. The molecule has 1 aromatic rings. The highest BCUT2D eigenvalue weighted by molar-refractivity contribution is 5.96. The van der Waals surface area contributed by atoms with Crippen LogP contribution in [0.1, 0.15) is 10.5 Å². The third-order valence-corrected chi connectivity index (χ3v) is 2.95. The minimum absolute atomic E-state index is 0.0179. The van der Waals surface area contributed by atoms with Gasteiger partial charge < -0.3 is 20.2 Å². The predicted molar refractivity (Wildman–Crippen MR) is 57.4 cm³/mol. The zero-order valence-corrected chi connectivity index (χ0v) is 8.92. The van der Waals surface area contributed by atoms with Crippen molar-refractivity contribution in [3.8, 4) is 5.75 Å². The largest absolute Gasteiger partial charge is 0.502 e. The van der Waals surface area contributed by atoms with E-state index in [9.17, 15) is 14.7 Å². The van der Waals surface area contributed by atoms with Gasteiger partial charge in [0.15, 0.2) is 11.4 Å². The van der Waals surface area contributed by atoms with Crippen LogP contribution in [-0.2, 0) is 4.74 Å². The summed E-state index contributed by atoms with van der Waals surface area (Å²) in [7, 11) is 0. The SMILES string of the molecule is O=C1c2c(O)c(=O)ccn2NC2COCCN12. The number of amides is 1. The smallest absolute Gasteiger partial charge is 0.278 e. The second kappa shape index (κ2) is 3.49. The number of nitrogens with zero attached hydrogens (tertiary/aromatic N) is 2. The maximum absolute atomic E-state index is 12.1. The van der Waals surface area contributed by atoms with Crippen molar-refractivity contribution in [3.05, 3.63) is 28.2 Å². The molecule has 0 saturated carbocycles. The lowest BCUT2D eigenvalue weighted by molar-refractivity contribution is -0.00314. The summed E-state index contributed by atoms with van der Waals surface area (Å²) in [6, 6.07) is 1.21. The minimum Gasteiger partial charge on any atom is -0.502 e. The van der Waals surface area contributed by atoms with E-state index in [4.69, 9.17) is 4.74 Å². The topological polar surface area (TPSA) is 83.8 Å². The molecule has 1 amide bonds. The van der Waals surface area contributed by atoms with E-state index in [1.54, 1.807) is 4.90 Å². The standard InChI is InChI=1S/C10H11N3O4/c14-6-1-2-13-8(9(6)15)10(16)12-3-4-17-5-7(12)11-13/h1-2,7,11,15H,3-5H2. The molecule has 0 aromatic carbocycles. The van der Waals surface area contributed by atoms with Crippen molar-refractivity contribution in [2.45, 2.75) is 6.17 Å². The summed E-state index contributed by atoms with van der Waals surface area (Å²) in [4.78, 5) is 25.0. The summed E-state index contributed by atoms with van der Waals surface area (Å²) in [6.07, 6.45) is 1.17. The Hall–Kier alpha value is -2.02. The van der Waals surface area contributed by atoms with E-state index in [0.717, 1.165) is 0 Å². The van der Waals surface area contributed by atoms with Gasteiger partial charge in [0.1, 0.15) is 6.17 Å². The Morgan fingerprint density at radius 1 is 1.47 bits per heavy atom. The first kappa shape index (κ1) is 10.2. The summed E-state index contributed by atoms with van der Waals surface area (Å²) in [5, 5.41) is 9.65. The van der Waals surface area contributed by atoms with Gasteiger partial charge in [-0.3, -0.25) is 14.3 Å². The first-order chi connectivity index (χ1) is 8.18. The van der Waals surface area contributed by atoms with E-state index in [1.165, 1.54) is 16.9 Å². The number of morpholine rings is 1. The second-order valence-electron chi connectivity index (χ2n) is 3.97. The minimum atomic E-state index is -0.557. The van der Waals surface area contributed by atoms with Crippen LogP contribution in [-0.4, -0.2) is 46.5 Å². The van der Waals surface area contributed by atoms with Gasteiger partial charge in [0, 0.05) is 18.8 Å². The molecule has 2 aliphatic rings. The van der Waals surface area contributed by atoms with Crippen LogP contribution in [0.15, 0.2) is 17.1 Å². The Kier molecular flexibility index (Phi) is 2.08. The molecule has 90 valence electrons. The summed E-state index contributed by atoms with van der Waals surface area (Å²) in [6.45, 7) is 1.29. The molecule has 3 rings (SSSR count). The van der Waals surface area contributed by atoms with Gasteiger partial charge in [-0.1, -0.05) is 0 Å². The third kappa shape index (κ3) is 1.39. The Balaban J connectivity index is 2.13. The van der Waals surface area contributed by atoms with Crippen molar-refractivity contribution < 1.29 is 14.6 Å². The Bertz CT molecular complexity index is 539. The average molecular weight is 237 g/mol. The normalized spacial score (nSPS) is 22.7. The van der Waals surface area contributed by atoms with Gasteiger partial charge in [0.25, 0.3) is 5.91 Å². The van der Waals surface area contributed by atoms with Crippen LogP contribution in [0.2, 0.25) is 0 Å². The molecule has 7 nitrogen and oxygen atoms in total. The number of hydrogen-bond donors (Lipinski definition) is 2. The van der Waals surface area contributed by atoms with Gasteiger partial charge in [0.2, 0.25) is 5.43 Å². The lowest BCUT2D eigenvalue weighted by atomic mass is 10.2. The maximum atomic E-state index is 12.1. The second-order valence-corrected chi connectivity index (χ2v) is 3.97. The fourth-order valence-corrected chi connectivity index (χ4v) is 2.09. The highest BCUT2D eigenvalue weighted by Crippen LogP contribution is 2.21. The number of aromatic hydroxyl groups is 1. The van der Waals surface area contributed by atoms with Gasteiger partial charge in [-0.15, -0.1) is 0 Å². The first-order valence-corrected chi connectivity index (χ1v) is 5.28. The quantitative estimate of drug-likeness (QED) is 0.599. The summed E-state index contributed by atoms with van der Waals surface area (Å²) >= 11 is 0. The van der Waals surface area contributed by atoms with Crippen molar-refractivity contribution in [1.82, 2.24) is 9.58 Å². The highest BCUT2D eigenvalue weighted by Gasteiger charge is 2.36. The van der Waals surface area contributed by atoms with Crippen molar-refractivity contribution in [2.24, 2.45) is 0 Å². The van der Waals surface area contributed by atoms with Gasteiger partial charge in [-0.25, -0.2) is 0 Å². The number of ether oxygens (including phenoxy) is 1. The molecule has 1 fully saturated rings. The van der Waals surface area contributed by atoms with Crippen molar-refractivity contribution in [3.63, 3.8) is 0 Å². The molecule has 17 heavy (non-hydrogen) atoms. The van der Waals surface area contributed by atoms with Crippen LogP contribution in [0.5, 0.6) is 5.75 Å². The number of rotatable bonds is 0. The third-order valence-electron chi connectivity index (χ3n) is 2.95. The van der Waals surface area contributed by atoms with E-state index in [-0.39, 0.29) is 17.8 Å². The lowest BCUT2D eigenvalue weighted by Gasteiger charge is -2.41. The molecule has 7 heteroatoms. The molecule has 0 radical (unpaired) electrons. The summed E-state index contributed by atoms with van der Waals surface area (Å²) in [5.41, 5.74) is 2.42. The molecule has 0 spiro atoms. The molecular formula is C10H11N3O4. The number of fused-ring (bicyclic) bond motifs is 2. The Labute approximate surface area is 96.2 Å². The molecule has 1 aromatic heterocycles. The fourth-order valence-electron chi connectivity index (χ4n) is 2.09. The number of carbonyl (C=O) groups is 1. The maximum Gasteiger partial charge on any atom is 0.278 e. The van der Waals surface area contributed by atoms with Gasteiger partial charge >= 0.3 is 0 Å². The summed E-state index contributed by atoms with van der Waals surface area (Å²) in [5.74, 6) is -0.873. The van der Waals surface area contributed by atoms with E-state index in [0.29, 0.717) is 19.8 Å². The number of pyridine rings is 1. The van der Waals surface area contributed by atoms with Crippen molar-refractivity contribution in [2.75, 3.05) is 25.2 Å². The van der Waals surface area contributed by atoms with Crippen LogP contribution in [0.25, 0.3) is 0 Å². The van der Waals surface area contributed by atoms with Crippen molar-refractivity contribution >= 4 is 5.91 Å². The van der Waals surface area contributed by atoms with Crippen LogP contribution in [0, 0.1) is 0 Å². The number of carbonyl (C=O) groups excluding carboxylic acids is 1. The zero-order chi connectivity index (χ0) is 12.0. The van der Waals surface area contributed by atoms with E-state index < -0.39 is 11.2 Å². The van der Waals surface area contributed by atoms with Crippen LogP contribution in [0.4, 0.5) is 0 Å². The Morgan fingerprint density at radius 2 is 2.29 bits per heavy atom. The molecule has 2 N–H and O–H groups in total. The molecule has 0 bridgehead atoms. The molecular weight excluding hydrogens is 226 g/mol. The van der Waals surface area contributed by atoms with Crippen LogP contribution in [0.3, 0.4) is 0 Å². The van der Waals surface area contributed by atoms with Gasteiger partial charge in [0.05, 0.1) is 13.2 Å². The number of nitrogens with one attached hydrogen (secondary N) is 1. The first-order valence-electron chi connectivity index (χ1n) is 5.28.